The molecule has 0 aliphatic heterocycles. The highest BCUT2D eigenvalue weighted by molar-refractivity contribution is 7.99. The van der Waals surface area contributed by atoms with E-state index in [-0.39, 0.29) is 17.3 Å². The Kier molecular flexibility index (Phi) is 6.46. The lowest BCUT2D eigenvalue weighted by molar-refractivity contribution is -0.113. The molecule has 0 unspecified atom stereocenters. The lowest BCUT2D eigenvalue weighted by Gasteiger charge is -2.09. The van der Waals surface area contributed by atoms with Crippen molar-refractivity contribution >= 4 is 33.2 Å². The van der Waals surface area contributed by atoms with Crippen molar-refractivity contribution < 1.29 is 22.0 Å². The number of hydrogen-bond acceptors (Lipinski definition) is 7. The number of nitrogens with zero attached hydrogens (tertiary/aromatic N) is 4. The third-order valence-corrected chi connectivity index (χ3v) is 6.37. The molecule has 30 heavy (non-hydrogen) atoms. The second-order valence-corrected chi connectivity index (χ2v) is 9.19. The summed E-state index contributed by atoms with van der Waals surface area (Å²) < 4.78 is 49.5. The fourth-order valence-corrected chi connectivity index (χ4v) is 4.03. The molecule has 2 aromatic carbocycles. The Bertz CT molecular complexity index is 1160. The van der Waals surface area contributed by atoms with Crippen LogP contribution in [0.2, 0.25) is 0 Å². The van der Waals surface area contributed by atoms with E-state index >= 15 is 0 Å². The predicted octanol–water partition coefficient (Wildman–Crippen LogP) is 3.01. The number of aromatic nitrogens is 4. The minimum Gasteiger partial charge on any atom is -0.325 e. The van der Waals surface area contributed by atoms with E-state index in [2.05, 4.69) is 20.8 Å². The molecule has 0 radical (unpaired) electrons. The molecule has 158 valence electrons. The third-order valence-electron chi connectivity index (χ3n) is 4.05. The van der Waals surface area contributed by atoms with Crippen LogP contribution in [0.3, 0.4) is 0 Å². The normalized spacial score (nSPS) is 11.6. The van der Waals surface area contributed by atoms with Gasteiger partial charge < -0.3 is 5.32 Å². The van der Waals surface area contributed by atoms with Crippen LogP contribution >= 0.6 is 11.8 Å². The van der Waals surface area contributed by atoms with Gasteiger partial charge in [0.1, 0.15) is 0 Å². The Morgan fingerprint density at radius 1 is 1.17 bits per heavy atom. The van der Waals surface area contributed by atoms with Crippen LogP contribution in [-0.4, -0.2) is 46.0 Å². The molecule has 0 bridgehead atoms. The molecule has 0 atom stereocenters. The molecule has 8 nitrogen and oxygen atoms in total. The van der Waals surface area contributed by atoms with Crippen LogP contribution in [0.1, 0.15) is 11.1 Å². The van der Waals surface area contributed by atoms with Crippen LogP contribution in [0.5, 0.6) is 0 Å². The molecule has 1 heterocycles. The fraction of sp³-hybridized carbons (Fsp3) is 0.222. The predicted molar refractivity (Wildman–Crippen MR) is 108 cm³/mol. The molecule has 0 spiro atoms. The first-order chi connectivity index (χ1) is 14.2. The van der Waals surface area contributed by atoms with Crippen LogP contribution in [-0.2, 0) is 14.6 Å². The Morgan fingerprint density at radius 3 is 2.50 bits per heavy atom. The van der Waals surface area contributed by atoms with Gasteiger partial charge in [-0.05, 0) is 60.2 Å². The summed E-state index contributed by atoms with van der Waals surface area (Å²) in [5.74, 6) is -3.90. The van der Waals surface area contributed by atoms with E-state index in [0.29, 0.717) is 5.16 Å². The number of sulfone groups is 1. The molecule has 1 amide bonds. The van der Waals surface area contributed by atoms with Gasteiger partial charge >= 0.3 is 5.76 Å². The molecule has 0 saturated heterocycles. The van der Waals surface area contributed by atoms with Gasteiger partial charge in [0.2, 0.25) is 20.9 Å². The summed E-state index contributed by atoms with van der Waals surface area (Å²) in [5, 5.41) is 14.6. The lowest BCUT2D eigenvalue weighted by atomic mass is 10.1. The van der Waals surface area contributed by atoms with Crippen LogP contribution in [0.4, 0.5) is 14.5 Å². The second-order valence-electron chi connectivity index (χ2n) is 6.33. The zero-order chi connectivity index (χ0) is 21.9. The molecule has 1 aromatic heterocycles. The van der Waals surface area contributed by atoms with E-state index in [4.69, 9.17) is 0 Å². The van der Waals surface area contributed by atoms with Crippen molar-refractivity contribution in [2.24, 2.45) is 0 Å². The molecule has 3 rings (SSSR count). The lowest BCUT2D eigenvalue weighted by Crippen LogP contribution is -2.15. The average molecular weight is 453 g/mol. The monoisotopic (exact) mass is 453 g/mol. The van der Waals surface area contributed by atoms with Crippen LogP contribution in [0.15, 0.2) is 52.5 Å². The van der Waals surface area contributed by atoms with E-state index in [1.807, 2.05) is 32.0 Å². The molecule has 12 heteroatoms. The zero-order valence-electron chi connectivity index (χ0n) is 15.9. The fourth-order valence-electron chi connectivity index (χ4n) is 2.62. The standard InChI is InChI=1S/C18H17F2N5O3S2/c1-11-3-8-15(12(2)9-11)25-18(22-23-24-25)29-10-16(26)21-13-4-6-14(7-5-13)30(27,28)17(19)20/h3-9,17H,10H2,1-2H3,(H,21,26). The highest BCUT2D eigenvalue weighted by atomic mass is 32.2. The number of carbonyl (C=O) groups is 1. The quantitative estimate of drug-likeness (QED) is 0.548. The summed E-state index contributed by atoms with van der Waals surface area (Å²) in [5.41, 5.74) is 3.16. The highest BCUT2D eigenvalue weighted by Crippen LogP contribution is 2.23. The van der Waals surface area contributed by atoms with Crippen molar-refractivity contribution in [1.82, 2.24) is 20.2 Å². The van der Waals surface area contributed by atoms with Gasteiger partial charge in [0.15, 0.2) is 0 Å². The van der Waals surface area contributed by atoms with Gasteiger partial charge in [-0.1, -0.05) is 29.5 Å². The summed E-state index contributed by atoms with van der Waals surface area (Å²) in [7, 11) is -4.67. The van der Waals surface area contributed by atoms with Crippen LogP contribution in [0, 0.1) is 13.8 Å². The second kappa shape index (κ2) is 8.88. The summed E-state index contributed by atoms with van der Waals surface area (Å²) in [6, 6.07) is 10.4. The first kappa shape index (κ1) is 21.8. The van der Waals surface area contributed by atoms with Crippen molar-refractivity contribution in [3.8, 4) is 5.69 Å². The smallest absolute Gasteiger partial charge is 0.325 e. The van der Waals surface area contributed by atoms with Gasteiger partial charge in [0, 0.05) is 5.69 Å². The van der Waals surface area contributed by atoms with E-state index in [0.717, 1.165) is 40.7 Å². The van der Waals surface area contributed by atoms with Crippen molar-refractivity contribution in [2.75, 3.05) is 11.1 Å². The van der Waals surface area contributed by atoms with Gasteiger partial charge in [0.25, 0.3) is 0 Å². The Morgan fingerprint density at radius 2 is 1.87 bits per heavy atom. The number of anilines is 1. The summed E-state index contributed by atoms with van der Waals surface area (Å²) in [4.78, 5) is 11.7. The molecule has 3 aromatic rings. The molecule has 0 aliphatic rings. The number of thioether (sulfide) groups is 1. The summed E-state index contributed by atoms with van der Waals surface area (Å²) >= 11 is 1.12. The Balaban J connectivity index is 1.64. The number of halogens is 2. The van der Waals surface area contributed by atoms with Gasteiger partial charge in [-0.15, -0.1) is 5.10 Å². The molecule has 0 saturated carbocycles. The maximum Gasteiger partial charge on any atom is 0.341 e. The average Bonchev–Trinajstić information content (AvgIpc) is 3.15. The summed E-state index contributed by atoms with van der Waals surface area (Å²) in [6.07, 6.45) is 0. The highest BCUT2D eigenvalue weighted by Gasteiger charge is 2.26. The van der Waals surface area contributed by atoms with Gasteiger partial charge in [-0.25, -0.2) is 8.42 Å². The van der Waals surface area contributed by atoms with E-state index in [1.54, 1.807) is 0 Å². The van der Waals surface area contributed by atoms with E-state index in [1.165, 1.54) is 16.8 Å². The minimum atomic E-state index is -4.67. The largest absolute Gasteiger partial charge is 0.341 e. The Labute approximate surface area is 175 Å². The van der Waals surface area contributed by atoms with Gasteiger partial charge in [-0.2, -0.15) is 13.5 Å². The minimum absolute atomic E-state index is 0.0115. The summed E-state index contributed by atoms with van der Waals surface area (Å²) in [6.45, 7) is 3.91. The van der Waals surface area contributed by atoms with Crippen molar-refractivity contribution in [3.05, 3.63) is 53.6 Å². The first-order valence-electron chi connectivity index (χ1n) is 8.59. The number of benzene rings is 2. The number of alkyl halides is 2. The number of tetrazole rings is 1. The SMILES string of the molecule is Cc1ccc(-n2nnnc2SCC(=O)Nc2ccc(S(=O)(=O)C(F)F)cc2)c(C)c1. The number of aryl methyl sites for hydroxylation is 2. The Hall–Kier alpha value is -2.86. The van der Waals surface area contributed by atoms with E-state index in [9.17, 15) is 22.0 Å². The molecule has 1 N–H and O–H groups in total. The number of carbonyl (C=O) groups excluding carboxylic acids is 1. The van der Waals surface area contributed by atoms with Crippen molar-refractivity contribution in [2.45, 2.75) is 29.7 Å². The van der Waals surface area contributed by atoms with Crippen molar-refractivity contribution in [1.29, 1.82) is 0 Å². The van der Waals surface area contributed by atoms with Crippen molar-refractivity contribution in [3.63, 3.8) is 0 Å². The van der Waals surface area contributed by atoms with Gasteiger partial charge in [0.05, 0.1) is 16.3 Å². The van der Waals surface area contributed by atoms with Gasteiger partial charge in [-0.3, -0.25) is 4.79 Å². The maximum atomic E-state index is 12.6. The molecular weight excluding hydrogens is 436 g/mol. The zero-order valence-corrected chi connectivity index (χ0v) is 17.5. The third kappa shape index (κ3) is 4.82. The molecule has 0 aliphatic carbocycles. The number of hydrogen-bond donors (Lipinski definition) is 1. The molecule has 0 fully saturated rings. The number of amides is 1. The number of rotatable bonds is 7. The van der Waals surface area contributed by atoms with Crippen LogP contribution in [0.25, 0.3) is 5.69 Å². The number of nitrogens with one attached hydrogen (secondary N) is 1. The topological polar surface area (TPSA) is 107 Å². The molecular formula is C18H17F2N5O3S2. The van der Waals surface area contributed by atoms with Crippen LogP contribution < -0.4 is 5.32 Å². The van der Waals surface area contributed by atoms with E-state index < -0.39 is 20.5 Å². The first-order valence-corrected chi connectivity index (χ1v) is 11.1. The maximum absolute atomic E-state index is 12.6.